The minimum absolute atomic E-state index is 0.282. The minimum atomic E-state index is 0.282. The van der Waals surface area contributed by atoms with Gasteiger partial charge in [-0.1, -0.05) is 20.3 Å². The fourth-order valence-corrected chi connectivity index (χ4v) is 2.88. The summed E-state index contributed by atoms with van der Waals surface area (Å²) in [4.78, 5) is 0. The van der Waals surface area contributed by atoms with Crippen LogP contribution in [0.4, 0.5) is 0 Å². The number of ether oxygens (including phenoxy) is 2. The summed E-state index contributed by atoms with van der Waals surface area (Å²) in [7, 11) is 3.52. The predicted octanol–water partition coefficient (Wildman–Crippen LogP) is 4.69. The lowest BCUT2D eigenvalue weighted by molar-refractivity contribution is 0.0963. The molecule has 2 nitrogen and oxygen atoms in total. The zero-order valence-electron chi connectivity index (χ0n) is 12.5. The van der Waals surface area contributed by atoms with Gasteiger partial charge in [0.1, 0.15) is 5.75 Å². The normalized spacial score (nSPS) is 11.6. The molecule has 0 spiro atoms. The first-order valence-electron chi connectivity index (χ1n) is 6.80. The van der Waals surface area contributed by atoms with E-state index < -0.39 is 0 Å². The predicted molar refractivity (Wildman–Crippen MR) is 88.9 cm³/mol. The van der Waals surface area contributed by atoms with Gasteiger partial charge in [0.2, 0.25) is 0 Å². The molecule has 0 aliphatic carbocycles. The van der Waals surface area contributed by atoms with E-state index in [1.54, 1.807) is 14.2 Å². The number of hydrogen-bond donors (Lipinski definition) is 0. The summed E-state index contributed by atoms with van der Waals surface area (Å²) >= 11 is 2.35. The Kier molecular flexibility index (Phi) is 7.15. The maximum Gasteiger partial charge on any atom is 0.122 e. The molecule has 19 heavy (non-hydrogen) atoms. The van der Waals surface area contributed by atoms with E-state index in [1.807, 2.05) is 0 Å². The molecular formula is C16H25IO2. The molecule has 0 aliphatic rings. The van der Waals surface area contributed by atoms with Gasteiger partial charge >= 0.3 is 0 Å². The molecule has 0 fully saturated rings. The third-order valence-corrected chi connectivity index (χ3v) is 4.00. The molecule has 0 radical (unpaired) electrons. The second-order valence-corrected chi connectivity index (χ2v) is 7.01. The van der Waals surface area contributed by atoms with Crippen molar-refractivity contribution in [1.82, 2.24) is 0 Å². The van der Waals surface area contributed by atoms with Crippen LogP contribution in [0.5, 0.6) is 5.75 Å². The van der Waals surface area contributed by atoms with Crippen molar-refractivity contribution in [3.63, 3.8) is 0 Å². The highest BCUT2D eigenvalue weighted by atomic mass is 127. The van der Waals surface area contributed by atoms with E-state index in [0.717, 1.165) is 18.8 Å². The van der Waals surface area contributed by atoms with Gasteiger partial charge in [0.15, 0.2) is 0 Å². The summed E-state index contributed by atoms with van der Waals surface area (Å²) in [6, 6.07) is 6.37. The van der Waals surface area contributed by atoms with Gasteiger partial charge < -0.3 is 9.47 Å². The molecule has 3 heteroatoms. The van der Waals surface area contributed by atoms with Crippen molar-refractivity contribution in [3.05, 3.63) is 27.3 Å². The van der Waals surface area contributed by atoms with E-state index in [9.17, 15) is 0 Å². The zero-order valence-corrected chi connectivity index (χ0v) is 14.6. The third-order valence-electron chi connectivity index (χ3n) is 3.33. The second-order valence-electron chi connectivity index (χ2n) is 5.76. The van der Waals surface area contributed by atoms with E-state index in [4.69, 9.17) is 9.47 Å². The molecule has 1 rings (SSSR count). The lowest BCUT2D eigenvalue weighted by atomic mass is 9.87. The molecular weight excluding hydrogens is 351 g/mol. The number of halogens is 1. The Balaban J connectivity index is 2.43. The van der Waals surface area contributed by atoms with Crippen LogP contribution in [0.3, 0.4) is 0 Å². The topological polar surface area (TPSA) is 18.5 Å². The van der Waals surface area contributed by atoms with Crippen molar-refractivity contribution in [2.45, 2.75) is 39.5 Å². The highest BCUT2D eigenvalue weighted by molar-refractivity contribution is 14.1. The van der Waals surface area contributed by atoms with Gasteiger partial charge in [-0.2, -0.15) is 0 Å². The Morgan fingerprint density at radius 2 is 1.89 bits per heavy atom. The van der Waals surface area contributed by atoms with Gasteiger partial charge in [0.25, 0.3) is 0 Å². The molecule has 0 saturated heterocycles. The Labute approximate surface area is 131 Å². The van der Waals surface area contributed by atoms with Crippen LogP contribution in [0.1, 0.15) is 38.7 Å². The van der Waals surface area contributed by atoms with Crippen LogP contribution in [0.15, 0.2) is 18.2 Å². The van der Waals surface area contributed by atoms with Gasteiger partial charge in [-0.05, 0) is 71.0 Å². The Morgan fingerprint density at radius 1 is 1.16 bits per heavy atom. The van der Waals surface area contributed by atoms with E-state index >= 15 is 0 Å². The van der Waals surface area contributed by atoms with Crippen LogP contribution < -0.4 is 4.74 Å². The molecule has 0 bridgehead atoms. The monoisotopic (exact) mass is 376 g/mol. The van der Waals surface area contributed by atoms with Gasteiger partial charge in [0, 0.05) is 10.7 Å². The van der Waals surface area contributed by atoms with Gasteiger partial charge in [-0.3, -0.25) is 0 Å². The van der Waals surface area contributed by atoms with Crippen molar-refractivity contribution in [2.75, 3.05) is 20.8 Å². The first-order chi connectivity index (χ1) is 8.98. The van der Waals surface area contributed by atoms with Crippen molar-refractivity contribution >= 4 is 22.6 Å². The smallest absolute Gasteiger partial charge is 0.122 e. The quantitative estimate of drug-likeness (QED) is 0.484. The molecule has 0 N–H and O–H groups in total. The number of rotatable bonds is 8. The van der Waals surface area contributed by atoms with Crippen LogP contribution in [-0.2, 0) is 11.2 Å². The maximum absolute atomic E-state index is 5.41. The van der Waals surface area contributed by atoms with E-state index in [2.05, 4.69) is 54.6 Å². The van der Waals surface area contributed by atoms with Crippen LogP contribution in [0.25, 0.3) is 0 Å². The summed E-state index contributed by atoms with van der Waals surface area (Å²) in [6.07, 6.45) is 4.71. The summed E-state index contributed by atoms with van der Waals surface area (Å²) in [6.45, 7) is 5.37. The van der Waals surface area contributed by atoms with Crippen LogP contribution in [0, 0.1) is 8.99 Å². The SMILES string of the molecule is COCC(C)(C)CCCCc1cc(I)ccc1OC. The molecule has 108 valence electrons. The first-order valence-corrected chi connectivity index (χ1v) is 7.88. The van der Waals surface area contributed by atoms with Crippen LogP contribution in [0.2, 0.25) is 0 Å². The highest BCUT2D eigenvalue weighted by Gasteiger charge is 2.16. The van der Waals surface area contributed by atoms with E-state index in [1.165, 1.54) is 28.4 Å². The average Bonchev–Trinajstić information content (AvgIpc) is 2.35. The van der Waals surface area contributed by atoms with E-state index in [-0.39, 0.29) is 5.41 Å². The Bertz CT molecular complexity index is 388. The molecule has 0 heterocycles. The van der Waals surface area contributed by atoms with Crippen LogP contribution >= 0.6 is 22.6 Å². The minimum Gasteiger partial charge on any atom is -0.496 e. The van der Waals surface area contributed by atoms with Crippen LogP contribution in [-0.4, -0.2) is 20.8 Å². The van der Waals surface area contributed by atoms with Crippen molar-refractivity contribution in [1.29, 1.82) is 0 Å². The first kappa shape index (κ1) is 16.8. The molecule has 0 atom stereocenters. The highest BCUT2D eigenvalue weighted by Crippen LogP contribution is 2.26. The summed E-state index contributed by atoms with van der Waals surface area (Å²) < 4.78 is 11.9. The summed E-state index contributed by atoms with van der Waals surface area (Å²) in [5.41, 5.74) is 1.60. The summed E-state index contributed by atoms with van der Waals surface area (Å²) in [5, 5.41) is 0. The molecule has 0 unspecified atom stereocenters. The molecule has 1 aromatic rings. The van der Waals surface area contributed by atoms with Gasteiger partial charge in [-0.25, -0.2) is 0 Å². The third kappa shape index (κ3) is 6.13. The maximum atomic E-state index is 5.41. The fourth-order valence-electron chi connectivity index (χ4n) is 2.32. The standard InChI is InChI=1S/C16H25IO2/c1-16(2,12-18-3)10-6-5-7-13-11-14(17)8-9-15(13)19-4/h8-9,11H,5-7,10,12H2,1-4H3. The average molecular weight is 376 g/mol. The van der Waals surface area contributed by atoms with Crippen molar-refractivity contribution in [2.24, 2.45) is 5.41 Å². The number of aryl methyl sites for hydroxylation is 1. The van der Waals surface area contributed by atoms with Crippen molar-refractivity contribution < 1.29 is 9.47 Å². The molecule has 1 aromatic carbocycles. The van der Waals surface area contributed by atoms with Crippen molar-refractivity contribution in [3.8, 4) is 5.75 Å². The van der Waals surface area contributed by atoms with Gasteiger partial charge in [-0.15, -0.1) is 0 Å². The lowest BCUT2D eigenvalue weighted by Gasteiger charge is -2.23. The van der Waals surface area contributed by atoms with Gasteiger partial charge in [0.05, 0.1) is 13.7 Å². The Hall–Kier alpha value is -0.290. The molecule has 0 aromatic heterocycles. The lowest BCUT2D eigenvalue weighted by Crippen LogP contribution is -2.18. The number of unbranched alkanes of at least 4 members (excludes halogenated alkanes) is 1. The number of hydrogen-bond acceptors (Lipinski definition) is 2. The second kappa shape index (κ2) is 8.10. The molecule has 0 saturated carbocycles. The zero-order chi connectivity index (χ0) is 14.3. The molecule has 0 amide bonds. The number of benzene rings is 1. The Morgan fingerprint density at radius 3 is 2.53 bits per heavy atom. The van der Waals surface area contributed by atoms with E-state index in [0.29, 0.717) is 0 Å². The molecule has 0 aliphatic heterocycles. The summed E-state index contributed by atoms with van der Waals surface area (Å²) in [5.74, 6) is 1.01. The fraction of sp³-hybridized carbons (Fsp3) is 0.625. The largest absolute Gasteiger partial charge is 0.496 e. The number of methoxy groups -OCH3 is 2.